The summed E-state index contributed by atoms with van der Waals surface area (Å²) in [5.74, 6) is 0.358. The van der Waals surface area contributed by atoms with Crippen LogP contribution in [0.4, 0.5) is 11.5 Å². The van der Waals surface area contributed by atoms with Crippen molar-refractivity contribution in [2.24, 2.45) is 0 Å². The van der Waals surface area contributed by atoms with E-state index in [2.05, 4.69) is 31.5 Å². The fourth-order valence-corrected chi connectivity index (χ4v) is 2.65. The van der Waals surface area contributed by atoms with E-state index in [1.807, 2.05) is 54.6 Å². The molecule has 3 aromatic rings. The van der Waals surface area contributed by atoms with Crippen molar-refractivity contribution < 1.29 is 4.79 Å². The van der Waals surface area contributed by atoms with Crippen molar-refractivity contribution in [1.29, 1.82) is 0 Å². The average molecular weight is 382 g/mol. The Hall–Kier alpha value is -2.66. The van der Waals surface area contributed by atoms with Crippen LogP contribution in [-0.2, 0) is 6.54 Å². The molecule has 0 saturated carbocycles. The summed E-state index contributed by atoms with van der Waals surface area (Å²) >= 11 is 3.43. The molecule has 0 bridgehead atoms. The predicted octanol–water partition coefficient (Wildman–Crippen LogP) is 4.71. The van der Waals surface area contributed by atoms with Crippen LogP contribution >= 0.6 is 15.9 Å². The smallest absolute Gasteiger partial charge is 0.259 e. The van der Waals surface area contributed by atoms with Gasteiger partial charge in [-0.15, -0.1) is 0 Å². The minimum Gasteiger partial charge on any atom is -0.365 e. The molecule has 1 amide bonds. The number of para-hydroxylation sites is 1. The van der Waals surface area contributed by atoms with Gasteiger partial charge in [-0.3, -0.25) is 4.79 Å². The van der Waals surface area contributed by atoms with Gasteiger partial charge in [0.15, 0.2) is 0 Å². The quantitative estimate of drug-likeness (QED) is 0.672. The highest BCUT2D eigenvalue weighted by Gasteiger charge is 2.13. The number of rotatable bonds is 5. The molecule has 4 nitrogen and oxygen atoms in total. The van der Waals surface area contributed by atoms with Crippen molar-refractivity contribution in [2.75, 3.05) is 10.6 Å². The summed E-state index contributed by atoms with van der Waals surface area (Å²) in [6, 6.07) is 21.0. The molecule has 5 heteroatoms. The third kappa shape index (κ3) is 4.00. The summed E-state index contributed by atoms with van der Waals surface area (Å²) < 4.78 is 0.834. The SMILES string of the molecule is O=C(Nc1ccccc1Br)c1cccnc1NCc1ccccc1. The molecule has 0 aliphatic heterocycles. The normalized spacial score (nSPS) is 10.2. The van der Waals surface area contributed by atoms with Crippen LogP contribution in [-0.4, -0.2) is 10.9 Å². The highest BCUT2D eigenvalue weighted by molar-refractivity contribution is 9.10. The first-order valence-corrected chi connectivity index (χ1v) is 8.32. The van der Waals surface area contributed by atoms with Crippen molar-refractivity contribution in [3.8, 4) is 0 Å². The Bertz CT molecular complexity index is 837. The van der Waals surface area contributed by atoms with E-state index in [0.29, 0.717) is 17.9 Å². The number of carbonyl (C=O) groups excluding carboxylic acids is 1. The average Bonchev–Trinajstić information content (AvgIpc) is 2.63. The van der Waals surface area contributed by atoms with Crippen molar-refractivity contribution >= 4 is 33.3 Å². The van der Waals surface area contributed by atoms with Gasteiger partial charge in [0, 0.05) is 17.2 Å². The summed E-state index contributed by atoms with van der Waals surface area (Å²) in [4.78, 5) is 16.9. The lowest BCUT2D eigenvalue weighted by Crippen LogP contribution is -2.16. The van der Waals surface area contributed by atoms with E-state index in [-0.39, 0.29) is 5.91 Å². The molecular formula is C19H16BrN3O. The van der Waals surface area contributed by atoms with Gasteiger partial charge in [-0.2, -0.15) is 0 Å². The lowest BCUT2D eigenvalue weighted by molar-refractivity contribution is 0.102. The number of hydrogen-bond acceptors (Lipinski definition) is 3. The maximum absolute atomic E-state index is 12.6. The molecule has 0 aliphatic carbocycles. The molecule has 0 saturated heterocycles. The molecule has 0 spiro atoms. The maximum atomic E-state index is 12.6. The van der Waals surface area contributed by atoms with Gasteiger partial charge in [0.2, 0.25) is 0 Å². The summed E-state index contributed by atoms with van der Waals surface area (Å²) in [6.07, 6.45) is 1.67. The Morgan fingerprint density at radius 1 is 0.958 bits per heavy atom. The van der Waals surface area contributed by atoms with E-state index in [1.54, 1.807) is 18.3 Å². The Labute approximate surface area is 149 Å². The number of halogens is 1. The molecular weight excluding hydrogens is 366 g/mol. The van der Waals surface area contributed by atoms with Crippen LogP contribution in [0, 0.1) is 0 Å². The van der Waals surface area contributed by atoms with E-state index < -0.39 is 0 Å². The third-order valence-electron chi connectivity index (χ3n) is 3.48. The summed E-state index contributed by atoms with van der Waals surface area (Å²) in [7, 11) is 0. The first-order valence-electron chi connectivity index (χ1n) is 7.53. The monoisotopic (exact) mass is 381 g/mol. The molecule has 0 aliphatic rings. The van der Waals surface area contributed by atoms with Gasteiger partial charge >= 0.3 is 0 Å². The molecule has 24 heavy (non-hydrogen) atoms. The lowest BCUT2D eigenvalue weighted by atomic mass is 10.2. The van der Waals surface area contributed by atoms with E-state index >= 15 is 0 Å². The van der Waals surface area contributed by atoms with Gasteiger partial charge in [0.25, 0.3) is 5.91 Å². The van der Waals surface area contributed by atoms with Crippen LogP contribution in [0.3, 0.4) is 0 Å². The number of amides is 1. The third-order valence-corrected chi connectivity index (χ3v) is 4.17. The van der Waals surface area contributed by atoms with Crippen LogP contribution in [0.15, 0.2) is 77.4 Å². The minimum atomic E-state index is -0.203. The molecule has 3 rings (SSSR count). The van der Waals surface area contributed by atoms with Crippen LogP contribution in [0.1, 0.15) is 15.9 Å². The zero-order chi connectivity index (χ0) is 16.8. The second-order valence-electron chi connectivity index (χ2n) is 5.17. The maximum Gasteiger partial charge on any atom is 0.259 e. The van der Waals surface area contributed by atoms with E-state index in [4.69, 9.17) is 0 Å². The molecule has 2 N–H and O–H groups in total. The minimum absolute atomic E-state index is 0.203. The summed E-state index contributed by atoms with van der Waals surface area (Å²) in [5, 5.41) is 6.13. The number of benzene rings is 2. The number of nitrogens with zero attached hydrogens (tertiary/aromatic N) is 1. The number of anilines is 2. The molecule has 0 radical (unpaired) electrons. The molecule has 0 fully saturated rings. The van der Waals surface area contributed by atoms with Gasteiger partial charge in [0.1, 0.15) is 5.82 Å². The predicted molar refractivity (Wildman–Crippen MR) is 100 cm³/mol. The Kier molecular flexibility index (Phi) is 5.23. The Morgan fingerprint density at radius 2 is 1.71 bits per heavy atom. The molecule has 0 atom stereocenters. The van der Waals surface area contributed by atoms with Gasteiger partial charge in [-0.1, -0.05) is 42.5 Å². The Morgan fingerprint density at radius 3 is 2.50 bits per heavy atom. The van der Waals surface area contributed by atoms with Crippen LogP contribution < -0.4 is 10.6 Å². The summed E-state index contributed by atoms with van der Waals surface area (Å²) in [6.45, 7) is 0.604. The van der Waals surface area contributed by atoms with Crippen LogP contribution in [0.5, 0.6) is 0 Å². The van der Waals surface area contributed by atoms with Gasteiger partial charge in [0.05, 0.1) is 11.3 Å². The second kappa shape index (κ2) is 7.75. The number of hydrogen-bond donors (Lipinski definition) is 2. The van der Waals surface area contributed by atoms with Crippen molar-refractivity contribution in [3.05, 3.63) is 88.5 Å². The second-order valence-corrected chi connectivity index (χ2v) is 6.03. The van der Waals surface area contributed by atoms with Gasteiger partial charge in [-0.05, 0) is 45.8 Å². The topological polar surface area (TPSA) is 54.0 Å². The standard InChI is InChI=1S/C19H16BrN3O/c20-16-10-4-5-11-17(16)23-19(24)15-9-6-12-21-18(15)22-13-14-7-2-1-3-8-14/h1-12H,13H2,(H,21,22)(H,23,24). The van der Waals surface area contributed by atoms with Crippen molar-refractivity contribution in [1.82, 2.24) is 4.98 Å². The van der Waals surface area contributed by atoms with Gasteiger partial charge in [-0.25, -0.2) is 4.98 Å². The van der Waals surface area contributed by atoms with Crippen LogP contribution in [0.25, 0.3) is 0 Å². The fraction of sp³-hybridized carbons (Fsp3) is 0.0526. The van der Waals surface area contributed by atoms with Gasteiger partial charge < -0.3 is 10.6 Å². The van der Waals surface area contributed by atoms with Crippen molar-refractivity contribution in [3.63, 3.8) is 0 Å². The van der Waals surface area contributed by atoms with E-state index in [9.17, 15) is 4.79 Å². The largest absolute Gasteiger partial charge is 0.365 e. The van der Waals surface area contributed by atoms with Crippen molar-refractivity contribution in [2.45, 2.75) is 6.54 Å². The fourth-order valence-electron chi connectivity index (χ4n) is 2.26. The lowest BCUT2D eigenvalue weighted by Gasteiger charge is -2.12. The molecule has 2 aromatic carbocycles. The van der Waals surface area contributed by atoms with E-state index in [1.165, 1.54) is 0 Å². The first-order chi connectivity index (χ1) is 11.7. The molecule has 0 unspecified atom stereocenters. The number of carbonyl (C=O) groups is 1. The zero-order valence-corrected chi connectivity index (χ0v) is 14.5. The number of aromatic nitrogens is 1. The Balaban J connectivity index is 1.76. The number of nitrogens with one attached hydrogen (secondary N) is 2. The van der Waals surface area contributed by atoms with E-state index in [0.717, 1.165) is 15.7 Å². The van der Waals surface area contributed by atoms with Crippen LogP contribution in [0.2, 0.25) is 0 Å². The highest BCUT2D eigenvalue weighted by Crippen LogP contribution is 2.23. The molecule has 120 valence electrons. The summed E-state index contributed by atoms with van der Waals surface area (Å²) in [5.41, 5.74) is 2.35. The highest BCUT2D eigenvalue weighted by atomic mass is 79.9. The molecule has 1 aromatic heterocycles. The first kappa shape index (κ1) is 16.2. The zero-order valence-electron chi connectivity index (χ0n) is 12.9. The molecule has 1 heterocycles. The number of pyridine rings is 1.